The van der Waals surface area contributed by atoms with Crippen molar-refractivity contribution in [3.05, 3.63) is 57.2 Å². The van der Waals surface area contributed by atoms with E-state index in [2.05, 4.69) is 0 Å². The molecule has 4 N–H and O–H groups in total. The van der Waals surface area contributed by atoms with E-state index < -0.39 is 11.7 Å². The molecular weight excluding hydrogens is 291 g/mol. The summed E-state index contributed by atoms with van der Waals surface area (Å²) >= 11 is 1.43. The first kappa shape index (κ1) is 15.1. The molecule has 0 saturated heterocycles. The maximum atomic E-state index is 13.4. The summed E-state index contributed by atoms with van der Waals surface area (Å²) in [5, 5.41) is 1.88. The zero-order chi connectivity index (χ0) is 15.6. The summed E-state index contributed by atoms with van der Waals surface area (Å²) in [6.45, 7) is 1.90. The number of primary amides is 1. The number of hydrogen-bond donors (Lipinski definition) is 2. The number of nitrogens with two attached hydrogens (primary N) is 2. The number of amides is 1. The van der Waals surface area contributed by atoms with Crippen LogP contribution in [-0.4, -0.2) is 13.0 Å². The van der Waals surface area contributed by atoms with Gasteiger partial charge in [-0.1, -0.05) is 0 Å². The molecule has 1 heterocycles. The number of carbonyl (C=O) groups excluding carboxylic acids is 1. The summed E-state index contributed by atoms with van der Waals surface area (Å²) in [5.41, 5.74) is 13.1. The molecule has 21 heavy (non-hydrogen) atoms. The lowest BCUT2D eigenvalue weighted by Crippen LogP contribution is -2.22. The van der Waals surface area contributed by atoms with E-state index >= 15 is 0 Å². The van der Waals surface area contributed by atoms with Crippen molar-refractivity contribution in [1.29, 1.82) is 0 Å². The Bertz CT molecular complexity index is 722. The van der Waals surface area contributed by atoms with Crippen molar-refractivity contribution in [1.82, 2.24) is 0 Å². The number of halogens is 1. The fourth-order valence-electron chi connectivity index (χ4n) is 2.01. The highest BCUT2D eigenvalue weighted by molar-refractivity contribution is 7.11. The number of hydrogen-bond acceptors (Lipinski definition) is 4. The third-order valence-corrected chi connectivity index (χ3v) is 4.09. The molecular formula is C15H15FN2O2S. The average molecular weight is 306 g/mol. The van der Waals surface area contributed by atoms with Crippen LogP contribution in [0.1, 0.15) is 16.0 Å². The van der Waals surface area contributed by atoms with Crippen molar-refractivity contribution in [3.63, 3.8) is 0 Å². The van der Waals surface area contributed by atoms with Gasteiger partial charge in [0.05, 0.1) is 7.11 Å². The summed E-state index contributed by atoms with van der Waals surface area (Å²) in [6.07, 6.45) is 0. The molecule has 4 nitrogen and oxygen atoms in total. The van der Waals surface area contributed by atoms with E-state index in [1.165, 1.54) is 36.6 Å². The SMILES string of the molecule is COc1cc(F)ccc1/C(=C(/N)C(N)=O)c1sccc1C. The van der Waals surface area contributed by atoms with Crippen molar-refractivity contribution in [2.24, 2.45) is 11.5 Å². The van der Waals surface area contributed by atoms with Crippen LogP contribution in [0.25, 0.3) is 5.57 Å². The average Bonchev–Trinajstić information content (AvgIpc) is 2.86. The monoisotopic (exact) mass is 306 g/mol. The molecule has 0 saturated carbocycles. The predicted molar refractivity (Wildman–Crippen MR) is 81.4 cm³/mol. The Kier molecular flexibility index (Phi) is 4.28. The molecule has 0 atom stereocenters. The number of methoxy groups -OCH3 is 1. The number of benzene rings is 1. The van der Waals surface area contributed by atoms with E-state index in [1.807, 2.05) is 18.4 Å². The molecule has 6 heteroatoms. The molecule has 0 spiro atoms. The van der Waals surface area contributed by atoms with Crippen molar-refractivity contribution in [2.75, 3.05) is 7.11 Å². The van der Waals surface area contributed by atoms with Crippen LogP contribution in [0.2, 0.25) is 0 Å². The lowest BCUT2D eigenvalue weighted by Gasteiger charge is -2.14. The van der Waals surface area contributed by atoms with Crippen LogP contribution in [0, 0.1) is 12.7 Å². The Morgan fingerprint density at radius 1 is 1.29 bits per heavy atom. The van der Waals surface area contributed by atoms with E-state index in [1.54, 1.807) is 0 Å². The van der Waals surface area contributed by atoms with E-state index in [-0.39, 0.29) is 5.70 Å². The molecule has 1 aromatic carbocycles. The summed E-state index contributed by atoms with van der Waals surface area (Å²) in [5.74, 6) is -0.873. The molecule has 0 radical (unpaired) electrons. The van der Waals surface area contributed by atoms with Crippen molar-refractivity contribution in [2.45, 2.75) is 6.92 Å². The van der Waals surface area contributed by atoms with Gasteiger partial charge in [-0.05, 0) is 36.1 Å². The lowest BCUT2D eigenvalue weighted by molar-refractivity contribution is -0.114. The highest BCUT2D eigenvalue weighted by Gasteiger charge is 2.20. The minimum absolute atomic E-state index is 0.0783. The minimum Gasteiger partial charge on any atom is -0.496 e. The number of rotatable bonds is 4. The maximum absolute atomic E-state index is 13.4. The highest BCUT2D eigenvalue weighted by atomic mass is 32.1. The topological polar surface area (TPSA) is 78.3 Å². The second kappa shape index (κ2) is 5.97. The van der Waals surface area contributed by atoms with Crippen molar-refractivity contribution < 1.29 is 13.9 Å². The standard InChI is InChI=1S/C15H15FN2O2S/c1-8-5-6-21-14(8)12(13(17)15(18)19)10-4-3-9(16)7-11(10)20-2/h3-7H,17H2,1-2H3,(H2,18,19)/b13-12-. The van der Waals surface area contributed by atoms with Gasteiger partial charge in [0.1, 0.15) is 17.3 Å². The van der Waals surface area contributed by atoms with Gasteiger partial charge in [0.15, 0.2) is 0 Å². The molecule has 110 valence electrons. The third-order valence-electron chi connectivity index (χ3n) is 3.06. The van der Waals surface area contributed by atoms with E-state index in [0.29, 0.717) is 16.9 Å². The van der Waals surface area contributed by atoms with Crippen LogP contribution in [0.5, 0.6) is 5.75 Å². The molecule has 0 aliphatic rings. The van der Waals surface area contributed by atoms with Gasteiger partial charge in [0.2, 0.25) is 0 Å². The van der Waals surface area contributed by atoms with E-state index in [4.69, 9.17) is 16.2 Å². The molecule has 0 fully saturated rings. The van der Waals surface area contributed by atoms with Gasteiger partial charge in [-0.2, -0.15) is 0 Å². The highest BCUT2D eigenvalue weighted by Crippen LogP contribution is 2.36. The Balaban J connectivity index is 2.77. The van der Waals surface area contributed by atoms with Gasteiger partial charge in [0.25, 0.3) is 5.91 Å². The normalized spacial score (nSPS) is 12.0. The van der Waals surface area contributed by atoms with Gasteiger partial charge < -0.3 is 16.2 Å². The molecule has 2 aromatic rings. The number of thiophene rings is 1. The molecule has 1 amide bonds. The Labute approximate surface area is 125 Å². The van der Waals surface area contributed by atoms with Crippen LogP contribution in [0.15, 0.2) is 35.3 Å². The van der Waals surface area contributed by atoms with Crippen LogP contribution < -0.4 is 16.2 Å². The minimum atomic E-state index is -0.732. The molecule has 0 unspecified atom stereocenters. The van der Waals surface area contributed by atoms with Gasteiger partial charge in [0, 0.05) is 22.1 Å². The van der Waals surface area contributed by atoms with Gasteiger partial charge in [-0.25, -0.2) is 4.39 Å². The summed E-state index contributed by atoms with van der Waals surface area (Å²) < 4.78 is 18.6. The van der Waals surface area contributed by atoms with Crippen molar-refractivity contribution in [3.8, 4) is 5.75 Å². The maximum Gasteiger partial charge on any atom is 0.265 e. The van der Waals surface area contributed by atoms with Crippen LogP contribution in [0.3, 0.4) is 0 Å². The molecule has 1 aromatic heterocycles. The van der Waals surface area contributed by atoms with Crippen LogP contribution in [-0.2, 0) is 4.79 Å². The summed E-state index contributed by atoms with van der Waals surface area (Å²) in [7, 11) is 1.43. The Hall–Kier alpha value is -2.34. The zero-order valence-electron chi connectivity index (χ0n) is 11.6. The van der Waals surface area contributed by atoms with Crippen LogP contribution in [0.4, 0.5) is 4.39 Å². The second-order valence-corrected chi connectivity index (χ2v) is 5.35. The van der Waals surface area contributed by atoms with E-state index in [0.717, 1.165) is 10.4 Å². The van der Waals surface area contributed by atoms with Gasteiger partial charge in [-0.15, -0.1) is 11.3 Å². The third kappa shape index (κ3) is 2.90. The quantitative estimate of drug-likeness (QED) is 0.851. The fraction of sp³-hybridized carbons (Fsp3) is 0.133. The van der Waals surface area contributed by atoms with Gasteiger partial charge >= 0.3 is 0 Å². The number of ether oxygens (including phenoxy) is 1. The molecule has 2 rings (SSSR count). The van der Waals surface area contributed by atoms with Crippen LogP contribution >= 0.6 is 11.3 Å². The second-order valence-electron chi connectivity index (χ2n) is 4.43. The smallest absolute Gasteiger partial charge is 0.265 e. The number of aryl methyl sites for hydroxylation is 1. The Morgan fingerprint density at radius 2 is 2.00 bits per heavy atom. The number of carbonyl (C=O) groups is 1. The summed E-state index contributed by atoms with van der Waals surface area (Å²) in [4.78, 5) is 12.3. The fourth-order valence-corrected chi connectivity index (χ4v) is 3.01. The van der Waals surface area contributed by atoms with E-state index in [9.17, 15) is 9.18 Å². The predicted octanol–water partition coefficient (Wildman–Crippen LogP) is 2.41. The first-order valence-corrected chi connectivity index (χ1v) is 7.01. The molecule has 0 aliphatic heterocycles. The van der Waals surface area contributed by atoms with Gasteiger partial charge in [-0.3, -0.25) is 4.79 Å². The largest absolute Gasteiger partial charge is 0.496 e. The zero-order valence-corrected chi connectivity index (χ0v) is 12.5. The molecule has 0 bridgehead atoms. The first-order valence-electron chi connectivity index (χ1n) is 6.13. The first-order chi connectivity index (χ1) is 9.95. The lowest BCUT2D eigenvalue weighted by atomic mass is 9.98. The summed E-state index contributed by atoms with van der Waals surface area (Å²) in [6, 6.07) is 5.96. The molecule has 0 aliphatic carbocycles. The Morgan fingerprint density at radius 3 is 2.52 bits per heavy atom. The van der Waals surface area contributed by atoms with Crippen molar-refractivity contribution >= 4 is 22.8 Å².